The van der Waals surface area contributed by atoms with E-state index in [2.05, 4.69) is 46.5 Å². The van der Waals surface area contributed by atoms with Crippen molar-refractivity contribution in [2.45, 2.75) is 66.3 Å². The van der Waals surface area contributed by atoms with E-state index in [0.717, 1.165) is 13.0 Å². The van der Waals surface area contributed by atoms with E-state index in [-0.39, 0.29) is 0 Å². The van der Waals surface area contributed by atoms with Crippen molar-refractivity contribution < 1.29 is 0 Å². The first kappa shape index (κ1) is 13.8. The highest BCUT2D eigenvalue weighted by atomic mass is 14.9. The fourth-order valence-corrected chi connectivity index (χ4v) is 3.40. The van der Waals surface area contributed by atoms with E-state index in [1.54, 1.807) is 0 Å². The van der Waals surface area contributed by atoms with E-state index < -0.39 is 0 Å². The fraction of sp³-hybridized carbons (Fsp3) is 0.867. The summed E-state index contributed by atoms with van der Waals surface area (Å²) in [5.74, 6) is 0. The molecule has 1 aliphatic rings. The highest BCUT2D eigenvalue weighted by Crippen LogP contribution is 2.45. The van der Waals surface area contributed by atoms with Crippen molar-refractivity contribution in [2.24, 2.45) is 10.8 Å². The Labute approximate surface area is 102 Å². The van der Waals surface area contributed by atoms with Crippen LogP contribution in [0.3, 0.4) is 0 Å². The molecule has 1 heteroatoms. The molecule has 0 atom stereocenters. The van der Waals surface area contributed by atoms with Crippen molar-refractivity contribution in [3.63, 3.8) is 0 Å². The monoisotopic (exact) mass is 223 g/mol. The van der Waals surface area contributed by atoms with Crippen LogP contribution < -0.4 is 5.32 Å². The van der Waals surface area contributed by atoms with Gasteiger partial charge in [0.1, 0.15) is 0 Å². The van der Waals surface area contributed by atoms with E-state index >= 15 is 0 Å². The van der Waals surface area contributed by atoms with Gasteiger partial charge >= 0.3 is 0 Å². The second kappa shape index (κ2) is 4.91. The number of rotatable bonds is 4. The highest BCUT2D eigenvalue weighted by Gasteiger charge is 2.37. The maximum absolute atomic E-state index is 4.07. The Hall–Kier alpha value is -0.300. The van der Waals surface area contributed by atoms with Crippen molar-refractivity contribution in [3.05, 3.63) is 12.2 Å². The average Bonchev–Trinajstić information content (AvgIpc) is 2.09. The van der Waals surface area contributed by atoms with Crippen LogP contribution in [0.2, 0.25) is 0 Å². The fourth-order valence-electron chi connectivity index (χ4n) is 3.40. The molecule has 0 saturated heterocycles. The Kier molecular flexibility index (Phi) is 4.23. The van der Waals surface area contributed by atoms with Crippen LogP contribution in [0.1, 0.15) is 60.3 Å². The van der Waals surface area contributed by atoms with E-state index in [1.807, 2.05) is 0 Å². The van der Waals surface area contributed by atoms with Gasteiger partial charge in [-0.15, -0.1) is 0 Å². The molecule has 1 fully saturated rings. The number of hydrogen-bond donors (Lipinski definition) is 1. The molecular weight excluding hydrogens is 194 g/mol. The van der Waals surface area contributed by atoms with Gasteiger partial charge in [-0.3, -0.25) is 0 Å². The van der Waals surface area contributed by atoms with Crippen LogP contribution in [0.4, 0.5) is 0 Å². The van der Waals surface area contributed by atoms with Crippen molar-refractivity contribution in [3.8, 4) is 0 Å². The van der Waals surface area contributed by atoms with Crippen LogP contribution in [0, 0.1) is 10.8 Å². The molecule has 0 spiro atoms. The molecule has 1 rings (SSSR count). The van der Waals surface area contributed by atoms with Crippen LogP contribution >= 0.6 is 0 Å². The van der Waals surface area contributed by atoms with Gasteiger partial charge in [0.15, 0.2) is 0 Å². The van der Waals surface area contributed by atoms with Gasteiger partial charge in [0.05, 0.1) is 0 Å². The summed E-state index contributed by atoms with van der Waals surface area (Å²) in [7, 11) is 0. The van der Waals surface area contributed by atoms with Crippen molar-refractivity contribution in [1.29, 1.82) is 0 Å². The molecule has 1 saturated carbocycles. The Morgan fingerprint density at radius 2 is 1.69 bits per heavy atom. The second-order valence-electron chi connectivity index (χ2n) is 7.09. The van der Waals surface area contributed by atoms with E-state index in [0.29, 0.717) is 16.9 Å². The lowest BCUT2D eigenvalue weighted by atomic mass is 9.63. The molecule has 94 valence electrons. The number of hydrogen-bond acceptors (Lipinski definition) is 1. The maximum Gasteiger partial charge on any atom is 0.0164 e. The summed E-state index contributed by atoms with van der Waals surface area (Å²) in [5.41, 5.74) is 2.28. The van der Waals surface area contributed by atoms with Gasteiger partial charge in [-0.1, -0.05) is 46.8 Å². The summed E-state index contributed by atoms with van der Waals surface area (Å²) in [6, 6.07) is 0.669. The molecule has 16 heavy (non-hydrogen) atoms. The molecule has 0 aromatic heterocycles. The molecule has 0 aliphatic heterocycles. The molecule has 0 aromatic rings. The van der Waals surface area contributed by atoms with Gasteiger partial charge in [0, 0.05) is 12.6 Å². The quantitative estimate of drug-likeness (QED) is 0.706. The minimum Gasteiger partial charge on any atom is -0.310 e. The van der Waals surface area contributed by atoms with Gasteiger partial charge in [0.25, 0.3) is 0 Å². The number of nitrogens with one attached hydrogen (secondary N) is 1. The van der Waals surface area contributed by atoms with Crippen molar-refractivity contribution in [1.82, 2.24) is 5.32 Å². The van der Waals surface area contributed by atoms with Crippen LogP contribution in [0.15, 0.2) is 12.2 Å². The lowest BCUT2D eigenvalue weighted by Gasteiger charge is -2.45. The predicted octanol–water partition coefficient (Wildman–Crippen LogP) is 4.15. The molecule has 1 aliphatic carbocycles. The smallest absolute Gasteiger partial charge is 0.0164 e. The molecule has 1 N–H and O–H groups in total. The van der Waals surface area contributed by atoms with Crippen LogP contribution in [-0.4, -0.2) is 12.6 Å². The third kappa shape index (κ3) is 4.29. The zero-order valence-electron chi connectivity index (χ0n) is 11.8. The topological polar surface area (TPSA) is 12.0 Å². The summed E-state index contributed by atoms with van der Waals surface area (Å²) >= 11 is 0. The minimum absolute atomic E-state index is 0.479. The Balaban J connectivity index is 2.51. The van der Waals surface area contributed by atoms with Gasteiger partial charge < -0.3 is 5.32 Å². The summed E-state index contributed by atoms with van der Waals surface area (Å²) in [6.45, 7) is 16.8. The van der Waals surface area contributed by atoms with Gasteiger partial charge in [-0.05, 0) is 36.5 Å². The molecule has 0 radical (unpaired) electrons. The molecule has 0 unspecified atom stereocenters. The van der Waals surface area contributed by atoms with Crippen LogP contribution in [0.5, 0.6) is 0 Å². The lowest BCUT2D eigenvalue weighted by Crippen LogP contribution is -2.44. The Morgan fingerprint density at radius 1 is 1.19 bits per heavy atom. The zero-order valence-corrected chi connectivity index (χ0v) is 11.8. The summed E-state index contributed by atoms with van der Waals surface area (Å²) in [4.78, 5) is 0. The Morgan fingerprint density at radius 3 is 2.12 bits per heavy atom. The summed E-state index contributed by atoms with van der Waals surface area (Å²) < 4.78 is 0. The third-order valence-electron chi connectivity index (χ3n) is 3.70. The molecule has 0 bridgehead atoms. The van der Waals surface area contributed by atoms with Crippen molar-refractivity contribution >= 4 is 0 Å². The first-order valence-electron chi connectivity index (χ1n) is 6.64. The lowest BCUT2D eigenvalue weighted by molar-refractivity contribution is 0.0862. The zero-order chi connectivity index (χ0) is 12.4. The van der Waals surface area contributed by atoms with Gasteiger partial charge in [0.2, 0.25) is 0 Å². The maximum atomic E-state index is 4.07. The largest absolute Gasteiger partial charge is 0.310 e. The van der Waals surface area contributed by atoms with Crippen molar-refractivity contribution in [2.75, 3.05) is 6.54 Å². The standard InChI is InChI=1S/C15H29N/c1-7-12(2)10-16-13-8-14(3,4)11-15(5,6)9-13/h13,16H,2,7-11H2,1,3-6H3. The molecular formula is C15H29N. The summed E-state index contributed by atoms with van der Waals surface area (Å²) in [6.07, 6.45) is 5.03. The molecule has 0 aromatic carbocycles. The Bertz CT molecular complexity index is 234. The van der Waals surface area contributed by atoms with Gasteiger partial charge in [-0.25, -0.2) is 0 Å². The SMILES string of the molecule is C=C(CC)CNC1CC(C)(C)CC(C)(C)C1. The third-order valence-corrected chi connectivity index (χ3v) is 3.70. The van der Waals surface area contributed by atoms with Gasteiger partial charge in [-0.2, -0.15) is 0 Å². The van der Waals surface area contributed by atoms with Crippen LogP contribution in [-0.2, 0) is 0 Å². The second-order valence-corrected chi connectivity index (χ2v) is 7.09. The van der Waals surface area contributed by atoms with E-state index in [1.165, 1.54) is 24.8 Å². The average molecular weight is 223 g/mol. The molecule has 0 amide bonds. The molecule has 0 heterocycles. The first-order chi connectivity index (χ1) is 7.24. The van der Waals surface area contributed by atoms with Crippen LogP contribution in [0.25, 0.3) is 0 Å². The minimum atomic E-state index is 0.479. The predicted molar refractivity (Wildman–Crippen MR) is 72.6 cm³/mol. The first-order valence-corrected chi connectivity index (χ1v) is 6.64. The summed E-state index contributed by atoms with van der Waals surface area (Å²) in [5, 5.41) is 3.68. The molecule has 1 nitrogen and oxygen atoms in total. The van der Waals surface area contributed by atoms with E-state index in [4.69, 9.17) is 0 Å². The normalized spacial score (nSPS) is 24.3. The highest BCUT2D eigenvalue weighted by molar-refractivity contribution is 4.98. The van der Waals surface area contributed by atoms with E-state index in [9.17, 15) is 0 Å².